The highest BCUT2D eigenvalue weighted by molar-refractivity contribution is 5.77. The number of rotatable bonds is 7. The first kappa shape index (κ1) is 15.7. The van der Waals surface area contributed by atoms with Gasteiger partial charge >= 0.3 is 0 Å². The van der Waals surface area contributed by atoms with E-state index in [1.165, 1.54) is 11.1 Å². The molecule has 0 radical (unpaired) electrons. The largest absolute Gasteiger partial charge is 0.370 e. The quantitative estimate of drug-likeness (QED) is 0.854. The molecule has 122 valence electrons. The number of nitrogens with zero attached hydrogens (tertiary/aromatic N) is 2. The van der Waals surface area contributed by atoms with Gasteiger partial charge in [0.15, 0.2) is 0 Å². The summed E-state index contributed by atoms with van der Waals surface area (Å²) in [7, 11) is 0. The number of carbonyl (C=O) groups is 1. The minimum atomic E-state index is 0.174. The molecule has 1 aromatic heterocycles. The van der Waals surface area contributed by atoms with Crippen LogP contribution >= 0.6 is 0 Å². The van der Waals surface area contributed by atoms with Crippen LogP contribution in [0.2, 0.25) is 0 Å². The van der Waals surface area contributed by atoms with Crippen LogP contribution in [0.15, 0.2) is 36.7 Å². The first-order chi connectivity index (χ1) is 11.2. The zero-order chi connectivity index (χ0) is 16.1. The van der Waals surface area contributed by atoms with E-state index in [1.807, 2.05) is 29.4 Å². The van der Waals surface area contributed by atoms with E-state index in [0.717, 1.165) is 31.5 Å². The Bertz CT molecular complexity index is 633. The van der Waals surface area contributed by atoms with Crippen LogP contribution in [0.3, 0.4) is 0 Å². The molecule has 2 aromatic rings. The van der Waals surface area contributed by atoms with Crippen LogP contribution in [0.1, 0.15) is 29.5 Å². The van der Waals surface area contributed by atoms with Crippen molar-refractivity contribution in [2.45, 2.75) is 38.9 Å². The lowest BCUT2D eigenvalue weighted by Gasteiger charge is -2.39. The molecule has 5 nitrogen and oxygen atoms in total. The van der Waals surface area contributed by atoms with Crippen LogP contribution in [0.4, 0.5) is 0 Å². The number of aryl methyl sites for hydroxylation is 2. The summed E-state index contributed by atoms with van der Waals surface area (Å²) < 4.78 is 5.88. The fraction of sp³-hybridized carbons (Fsp3) is 0.444. The molecule has 1 amide bonds. The van der Waals surface area contributed by atoms with Gasteiger partial charge in [0, 0.05) is 25.7 Å². The fourth-order valence-corrected chi connectivity index (χ4v) is 2.74. The first-order valence-corrected chi connectivity index (χ1v) is 8.14. The van der Waals surface area contributed by atoms with Crippen molar-refractivity contribution < 1.29 is 9.53 Å². The maximum absolute atomic E-state index is 12.1. The summed E-state index contributed by atoms with van der Waals surface area (Å²) >= 11 is 0. The number of benzene rings is 1. The number of H-pyrrole nitrogens is 1. The number of carbonyl (C=O) groups excluding carboxylic acids is 1. The van der Waals surface area contributed by atoms with Gasteiger partial charge in [0.1, 0.15) is 0 Å². The van der Waals surface area contributed by atoms with E-state index in [4.69, 9.17) is 4.74 Å². The van der Waals surface area contributed by atoms with Gasteiger partial charge in [-0.25, -0.2) is 0 Å². The van der Waals surface area contributed by atoms with Crippen LogP contribution in [-0.2, 0) is 22.6 Å². The monoisotopic (exact) mass is 313 g/mol. The Kier molecular flexibility index (Phi) is 5.08. The van der Waals surface area contributed by atoms with E-state index in [1.54, 1.807) is 0 Å². The highest BCUT2D eigenvalue weighted by atomic mass is 16.5. The zero-order valence-corrected chi connectivity index (χ0v) is 13.5. The summed E-state index contributed by atoms with van der Waals surface area (Å²) in [4.78, 5) is 14.0. The van der Waals surface area contributed by atoms with Gasteiger partial charge in [-0.05, 0) is 36.5 Å². The van der Waals surface area contributed by atoms with Gasteiger partial charge < -0.3 is 9.64 Å². The molecular weight excluding hydrogens is 290 g/mol. The molecule has 23 heavy (non-hydrogen) atoms. The molecule has 0 bridgehead atoms. The molecule has 0 saturated carbocycles. The van der Waals surface area contributed by atoms with Crippen LogP contribution < -0.4 is 0 Å². The van der Waals surface area contributed by atoms with Gasteiger partial charge in [-0.1, -0.05) is 24.3 Å². The van der Waals surface area contributed by atoms with Crippen molar-refractivity contribution in [2.75, 3.05) is 13.1 Å². The third kappa shape index (κ3) is 4.20. The smallest absolute Gasteiger partial charge is 0.222 e. The number of ether oxygens (including phenoxy) is 1. The molecule has 0 unspecified atom stereocenters. The Labute approximate surface area is 136 Å². The maximum atomic E-state index is 12.1. The van der Waals surface area contributed by atoms with Gasteiger partial charge in [0.2, 0.25) is 5.91 Å². The van der Waals surface area contributed by atoms with Crippen LogP contribution in [0, 0.1) is 6.92 Å². The van der Waals surface area contributed by atoms with E-state index in [9.17, 15) is 4.79 Å². The molecular formula is C18H23N3O2. The Morgan fingerprint density at radius 1 is 1.39 bits per heavy atom. The number of amides is 1. The van der Waals surface area contributed by atoms with Crippen molar-refractivity contribution in [1.29, 1.82) is 0 Å². The van der Waals surface area contributed by atoms with Gasteiger partial charge in [-0.15, -0.1) is 0 Å². The van der Waals surface area contributed by atoms with Crippen molar-refractivity contribution in [2.24, 2.45) is 0 Å². The molecule has 1 N–H and O–H groups in total. The number of aromatic nitrogens is 2. The van der Waals surface area contributed by atoms with Crippen molar-refractivity contribution >= 4 is 5.91 Å². The summed E-state index contributed by atoms with van der Waals surface area (Å²) in [5.41, 5.74) is 3.62. The van der Waals surface area contributed by atoms with Crippen LogP contribution in [0.25, 0.3) is 0 Å². The third-order valence-corrected chi connectivity index (χ3v) is 4.35. The normalized spacial score (nSPS) is 14.7. The van der Waals surface area contributed by atoms with Crippen molar-refractivity contribution in [1.82, 2.24) is 15.1 Å². The summed E-state index contributed by atoms with van der Waals surface area (Å²) in [5, 5.41) is 6.70. The fourth-order valence-electron chi connectivity index (χ4n) is 2.74. The maximum Gasteiger partial charge on any atom is 0.222 e. The van der Waals surface area contributed by atoms with E-state index >= 15 is 0 Å². The number of hydrogen-bond donors (Lipinski definition) is 1. The summed E-state index contributed by atoms with van der Waals surface area (Å²) in [6.45, 7) is 4.15. The molecule has 1 aliphatic rings. The second kappa shape index (κ2) is 7.42. The summed E-state index contributed by atoms with van der Waals surface area (Å²) in [6.07, 6.45) is 6.21. The molecule has 0 aliphatic carbocycles. The highest BCUT2D eigenvalue weighted by Gasteiger charge is 2.30. The molecule has 0 atom stereocenters. The average molecular weight is 313 g/mol. The third-order valence-electron chi connectivity index (χ3n) is 4.35. The minimum Gasteiger partial charge on any atom is -0.370 e. The van der Waals surface area contributed by atoms with E-state index in [0.29, 0.717) is 13.0 Å². The molecule has 1 saturated heterocycles. The number of hydrogen-bond acceptors (Lipinski definition) is 3. The lowest BCUT2D eigenvalue weighted by molar-refractivity contribution is -0.146. The van der Waals surface area contributed by atoms with Crippen molar-refractivity contribution in [3.05, 3.63) is 53.3 Å². The van der Waals surface area contributed by atoms with Crippen molar-refractivity contribution in [3.8, 4) is 0 Å². The second-order valence-corrected chi connectivity index (χ2v) is 6.12. The second-order valence-electron chi connectivity index (χ2n) is 6.12. The van der Waals surface area contributed by atoms with Gasteiger partial charge in [0.05, 0.1) is 18.9 Å². The van der Waals surface area contributed by atoms with Crippen LogP contribution in [-0.4, -0.2) is 40.2 Å². The SMILES string of the molecule is Cc1ccccc1COC1CN(C(=O)CCCc2cn[nH]c2)C1. The Morgan fingerprint density at radius 2 is 2.22 bits per heavy atom. The van der Waals surface area contributed by atoms with Gasteiger partial charge in [-0.2, -0.15) is 5.10 Å². The van der Waals surface area contributed by atoms with E-state index < -0.39 is 0 Å². The number of nitrogens with one attached hydrogen (secondary N) is 1. The lowest BCUT2D eigenvalue weighted by Crippen LogP contribution is -2.54. The Hall–Kier alpha value is -2.14. The van der Waals surface area contributed by atoms with Gasteiger partial charge in [-0.3, -0.25) is 9.89 Å². The topological polar surface area (TPSA) is 58.2 Å². The molecule has 1 fully saturated rings. The first-order valence-electron chi connectivity index (χ1n) is 8.14. The number of likely N-dealkylation sites (tertiary alicyclic amines) is 1. The molecule has 1 aliphatic heterocycles. The average Bonchev–Trinajstić information content (AvgIpc) is 3.00. The minimum absolute atomic E-state index is 0.174. The summed E-state index contributed by atoms with van der Waals surface area (Å²) in [6, 6.07) is 8.25. The summed E-state index contributed by atoms with van der Waals surface area (Å²) in [5.74, 6) is 0.226. The Morgan fingerprint density at radius 3 is 2.96 bits per heavy atom. The molecule has 1 aromatic carbocycles. The Balaban J connectivity index is 1.32. The van der Waals surface area contributed by atoms with Crippen LogP contribution in [0.5, 0.6) is 0 Å². The molecule has 2 heterocycles. The van der Waals surface area contributed by atoms with Gasteiger partial charge in [0.25, 0.3) is 0 Å². The number of aromatic amines is 1. The predicted molar refractivity (Wildman–Crippen MR) is 87.9 cm³/mol. The molecule has 5 heteroatoms. The predicted octanol–water partition coefficient (Wildman–Crippen LogP) is 2.47. The zero-order valence-electron chi connectivity index (χ0n) is 13.5. The van der Waals surface area contributed by atoms with E-state index in [-0.39, 0.29) is 12.0 Å². The highest BCUT2D eigenvalue weighted by Crippen LogP contribution is 2.17. The standard InChI is InChI=1S/C18H23N3O2/c1-14-5-2-3-7-16(14)13-23-17-11-21(12-17)18(22)8-4-6-15-9-19-20-10-15/h2-3,5,7,9-10,17H,4,6,8,11-13H2,1H3,(H,19,20). The molecule has 3 rings (SSSR count). The lowest BCUT2D eigenvalue weighted by atomic mass is 10.1. The van der Waals surface area contributed by atoms with Crippen molar-refractivity contribution in [3.63, 3.8) is 0 Å². The van der Waals surface area contributed by atoms with E-state index in [2.05, 4.69) is 29.3 Å². The molecule has 0 spiro atoms.